The molecule has 1 aromatic rings. The third-order valence-electron chi connectivity index (χ3n) is 2.69. The molecule has 2 rings (SSSR count). The second kappa shape index (κ2) is 4.96. The van der Waals surface area contributed by atoms with Gasteiger partial charge in [0.25, 0.3) is 0 Å². The maximum absolute atomic E-state index is 10.3. The van der Waals surface area contributed by atoms with Gasteiger partial charge in [0.1, 0.15) is 0 Å². The fraction of sp³-hybridized carbons (Fsp3) is 0.545. The Morgan fingerprint density at radius 2 is 2.00 bits per heavy atom. The highest BCUT2D eigenvalue weighted by molar-refractivity contribution is 7.99. The first-order valence-corrected chi connectivity index (χ1v) is 6.23. The summed E-state index contributed by atoms with van der Waals surface area (Å²) < 4.78 is 0. The van der Waals surface area contributed by atoms with Crippen molar-refractivity contribution in [3.05, 3.63) is 24.5 Å². The van der Waals surface area contributed by atoms with Crippen molar-refractivity contribution in [2.45, 2.75) is 23.3 Å². The molecule has 0 radical (unpaired) electrons. The largest absolute Gasteiger partial charge is 0.389 e. The smallest absolute Gasteiger partial charge is 0.0765 e. The van der Waals surface area contributed by atoms with Crippen LogP contribution in [0.2, 0.25) is 0 Å². The molecule has 0 aromatic carbocycles. The van der Waals surface area contributed by atoms with Crippen LogP contribution in [-0.4, -0.2) is 34.5 Å². The molecule has 82 valence electrons. The van der Waals surface area contributed by atoms with Gasteiger partial charge >= 0.3 is 0 Å². The molecule has 0 unspecified atom stereocenters. The predicted octanol–water partition coefficient (Wildman–Crippen LogP) is 1.29. The standard InChI is InChI=1S/C11H16N2OS/c14-11(3-7-13-8-4-11)9-15-10-1-5-12-6-2-10/h1-2,5-6,13-14H,3-4,7-9H2. The van der Waals surface area contributed by atoms with Gasteiger partial charge in [0.05, 0.1) is 5.60 Å². The fourth-order valence-electron chi connectivity index (χ4n) is 1.69. The summed E-state index contributed by atoms with van der Waals surface area (Å²) in [6, 6.07) is 3.96. The maximum atomic E-state index is 10.3. The summed E-state index contributed by atoms with van der Waals surface area (Å²) in [5.74, 6) is 0.776. The van der Waals surface area contributed by atoms with E-state index in [2.05, 4.69) is 10.3 Å². The first-order chi connectivity index (χ1) is 7.29. The van der Waals surface area contributed by atoms with E-state index >= 15 is 0 Å². The number of nitrogens with zero attached hydrogens (tertiary/aromatic N) is 1. The molecular formula is C11H16N2OS. The first kappa shape index (κ1) is 10.9. The lowest BCUT2D eigenvalue weighted by molar-refractivity contribution is 0.0339. The fourth-order valence-corrected chi connectivity index (χ4v) is 2.73. The molecule has 2 heterocycles. The van der Waals surface area contributed by atoms with Crippen LogP contribution in [0.4, 0.5) is 0 Å². The average Bonchev–Trinajstić information content (AvgIpc) is 2.29. The van der Waals surface area contributed by atoms with Crippen molar-refractivity contribution in [2.75, 3.05) is 18.8 Å². The van der Waals surface area contributed by atoms with Gasteiger partial charge in [-0.1, -0.05) is 0 Å². The molecule has 0 saturated carbocycles. The summed E-state index contributed by atoms with van der Waals surface area (Å²) in [5.41, 5.74) is -0.487. The molecule has 2 N–H and O–H groups in total. The van der Waals surface area contributed by atoms with Crippen molar-refractivity contribution in [1.29, 1.82) is 0 Å². The first-order valence-electron chi connectivity index (χ1n) is 5.24. The molecule has 1 aliphatic rings. The van der Waals surface area contributed by atoms with Crippen molar-refractivity contribution in [3.8, 4) is 0 Å². The predicted molar refractivity (Wildman–Crippen MR) is 62.0 cm³/mol. The summed E-state index contributed by atoms with van der Waals surface area (Å²) in [6.07, 6.45) is 5.28. The van der Waals surface area contributed by atoms with Crippen molar-refractivity contribution in [3.63, 3.8) is 0 Å². The van der Waals surface area contributed by atoms with E-state index in [-0.39, 0.29) is 0 Å². The molecule has 1 aromatic heterocycles. The van der Waals surface area contributed by atoms with Crippen LogP contribution < -0.4 is 5.32 Å². The van der Waals surface area contributed by atoms with Gasteiger partial charge < -0.3 is 10.4 Å². The Bertz CT molecular complexity index is 299. The summed E-state index contributed by atoms with van der Waals surface area (Å²) in [4.78, 5) is 5.15. The highest BCUT2D eigenvalue weighted by Crippen LogP contribution is 2.27. The number of thioether (sulfide) groups is 1. The van der Waals surface area contributed by atoms with Crippen LogP contribution in [0.3, 0.4) is 0 Å². The molecule has 0 atom stereocenters. The molecule has 0 amide bonds. The number of rotatable bonds is 3. The molecule has 15 heavy (non-hydrogen) atoms. The molecule has 0 bridgehead atoms. The number of hydrogen-bond acceptors (Lipinski definition) is 4. The van der Waals surface area contributed by atoms with Crippen molar-refractivity contribution in [1.82, 2.24) is 10.3 Å². The lowest BCUT2D eigenvalue weighted by Crippen LogP contribution is -2.43. The summed E-state index contributed by atoms with van der Waals surface area (Å²) >= 11 is 1.71. The van der Waals surface area contributed by atoms with Crippen LogP contribution in [-0.2, 0) is 0 Å². The topological polar surface area (TPSA) is 45.2 Å². The van der Waals surface area contributed by atoms with Gasteiger partial charge in [0, 0.05) is 23.0 Å². The highest BCUT2D eigenvalue weighted by atomic mass is 32.2. The molecule has 4 heteroatoms. The minimum atomic E-state index is -0.487. The third kappa shape index (κ3) is 3.19. The Balaban J connectivity index is 1.87. The van der Waals surface area contributed by atoms with Gasteiger partial charge in [0.2, 0.25) is 0 Å². The van der Waals surface area contributed by atoms with Crippen molar-refractivity contribution >= 4 is 11.8 Å². The molecule has 0 spiro atoms. The van der Waals surface area contributed by atoms with Gasteiger partial charge in [-0.2, -0.15) is 0 Å². The van der Waals surface area contributed by atoms with Crippen LogP contribution in [0.1, 0.15) is 12.8 Å². The number of hydrogen-bond donors (Lipinski definition) is 2. The second-order valence-corrected chi connectivity index (χ2v) is 4.99. The van der Waals surface area contributed by atoms with Gasteiger partial charge in [-0.15, -0.1) is 11.8 Å². The van der Waals surface area contributed by atoms with Crippen LogP contribution in [0.25, 0.3) is 0 Å². The zero-order valence-electron chi connectivity index (χ0n) is 8.65. The highest BCUT2D eigenvalue weighted by Gasteiger charge is 2.28. The van der Waals surface area contributed by atoms with Crippen LogP contribution in [0.5, 0.6) is 0 Å². The number of nitrogens with one attached hydrogen (secondary N) is 1. The van der Waals surface area contributed by atoms with E-state index in [4.69, 9.17) is 0 Å². The normalized spacial score (nSPS) is 20.1. The van der Waals surface area contributed by atoms with Crippen LogP contribution in [0.15, 0.2) is 29.4 Å². The Labute approximate surface area is 94.3 Å². The zero-order valence-corrected chi connectivity index (χ0v) is 9.46. The number of aromatic nitrogens is 1. The van der Waals surface area contributed by atoms with Crippen LogP contribution in [0, 0.1) is 0 Å². The lowest BCUT2D eigenvalue weighted by Gasteiger charge is -2.32. The Hall–Kier alpha value is -0.580. The van der Waals surface area contributed by atoms with Crippen molar-refractivity contribution in [2.24, 2.45) is 0 Å². The van der Waals surface area contributed by atoms with E-state index in [1.165, 1.54) is 4.90 Å². The van der Waals surface area contributed by atoms with Gasteiger partial charge in [-0.05, 0) is 38.1 Å². The van der Waals surface area contributed by atoms with E-state index in [1.807, 2.05) is 12.1 Å². The molecule has 3 nitrogen and oxygen atoms in total. The minimum absolute atomic E-state index is 0.487. The third-order valence-corrected chi connectivity index (χ3v) is 3.98. The van der Waals surface area contributed by atoms with E-state index < -0.39 is 5.60 Å². The van der Waals surface area contributed by atoms with Gasteiger partial charge in [0.15, 0.2) is 0 Å². The number of piperidine rings is 1. The van der Waals surface area contributed by atoms with Crippen LogP contribution >= 0.6 is 11.8 Å². The molecule has 0 aliphatic carbocycles. The SMILES string of the molecule is OC1(CSc2ccncc2)CCNCC1. The van der Waals surface area contributed by atoms with Gasteiger partial charge in [-0.3, -0.25) is 4.98 Å². The maximum Gasteiger partial charge on any atom is 0.0765 e. The Morgan fingerprint density at radius 1 is 1.33 bits per heavy atom. The second-order valence-electron chi connectivity index (χ2n) is 3.95. The van der Waals surface area contributed by atoms with E-state index in [1.54, 1.807) is 24.2 Å². The van der Waals surface area contributed by atoms with Gasteiger partial charge in [-0.25, -0.2) is 0 Å². The van der Waals surface area contributed by atoms with E-state index in [9.17, 15) is 5.11 Å². The molecule has 1 saturated heterocycles. The lowest BCUT2D eigenvalue weighted by atomic mass is 9.95. The Kier molecular flexibility index (Phi) is 3.61. The Morgan fingerprint density at radius 3 is 2.67 bits per heavy atom. The summed E-state index contributed by atoms with van der Waals surface area (Å²) in [5, 5.41) is 13.5. The zero-order chi connectivity index (χ0) is 10.6. The van der Waals surface area contributed by atoms with E-state index in [0.29, 0.717) is 0 Å². The van der Waals surface area contributed by atoms with E-state index in [0.717, 1.165) is 31.7 Å². The number of aliphatic hydroxyl groups is 1. The molecule has 1 fully saturated rings. The summed E-state index contributed by atoms with van der Waals surface area (Å²) in [6.45, 7) is 1.85. The minimum Gasteiger partial charge on any atom is -0.389 e. The molecule has 1 aliphatic heterocycles. The average molecular weight is 224 g/mol. The number of pyridine rings is 1. The quantitative estimate of drug-likeness (QED) is 0.759. The van der Waals surface area contributed by atoms with Crippen molar-refractivity contribution < 1.29 is 5.11 Å². The summed E-state index contributed by atoms with van der Waals surface area (Å²) in [7, 11) is 0. The molecular weight excluding hydrogens is 208 g/mol. The monoisotopic (exact) mass is 224 g/mol.